The van der Waals surface area contributed by atoms with Gasteiger partial charge in [0.05, 0.1) is 0 Å². The van der Waals surface area contributed by atoms with Gasteiger partial charge in [0, 0.05) is 46.3 Å². The van der Waals surface area contributed by atoms with Crippen molar-refractivity contribution < 1.29 is 4.79 Å². The van der Waals surface area contributed by atoms with Crippen LogP contribution in [0.2, 0.25) is 0 Å². The van der Waals surface area contributed by atoms with Gasteiger partial charge in [0.2, 0.25) is 5.91 Å². The number of rotatable bonds is 7. The van der Waals surface area contributed by atoms with Crippen molar-refractivity contribution in [3.05, 3.63) is 48.0 Å². The number of likely N-dealkylation sites (tertiary alicyclic amines) is 1. The topological polar surface area (TPSA) is 60.0 Å². The molecule has 0 radical (unpaired) electrons. The third kappa shape index (κ3) is 9.05. The molecule has 7 heteroatoms. The van der Waals surface area contributed by atoms with Gasteiger partial charge in [-0.3, -0.25) is 9.69 Å². The third-order valence-electron chi connectivity index (χ3n) is 4.61. The second-order valence-electron chi connectivity index (χ2n) is 7.44. The summed E-state index contributed by atoms with van der Waals surface area (Å²) in [5, 5.41) is 6.76. The Morgan fingerprint density at radius 2 is 1.89 bits per heavy atom. The number of guanidine groups is 1. The van der Waals surface area contributed by atoms with E-state index in [2.05, 4.69) is 57.4 Å². The lowest BCUT2D eigenvalue weighted by molar-refractivity contribution is -0.127. The van der Waals surface area contributed by atoms with E-state index in [4.69, 9.17) is 0 Å². The number of nitrogens with zero attached hydrogens (tertiary/aromatic N) is 3. The summed E-state index contributed by atoms with van der Waals surface area (Å²) in [6.45, 7) is 9.79. The van der Waals surface area contributed by atoms with Crippen LogP contribution in [0.15, 0.2) is 47.5 Å². The van der Waals surface area contributed by atoms with Crippen LogP contribution in [-0.2, 0) is 11.3 Å². The summed E-state index contributed by atoms with van der Waals surface area (Å²) in [5.74, 6) is 0.679. The summed E-state index contributed by atoms with van der Waals surface area (Å²) in [7, 11) is 3.49. The van der Waals surface area contributed by atoms with Crippen molar-refractivity contribution in [3.63, 3.8) is 0 Å². The molecule has 0 aromatic heterocycles. The van der Waals surface area contributed by atoms with Gasteiger partial charge in [-0.15, -0.1) is 24.0 Å². The second kappa shape index (κ2) is 12.8. The van der Waals surface area contributed by atoms with Gasteiger partial charge < -0.3 is 15.5 Å². The number of nitrogens with one attached hydrogen (secondary N) is 2. The minimum Gasteiger partial charge on any atom is -0.354 e. The van der Waals surface area contributed by atoms with Crippen molar-refractivity contribution in [3.8, 4) is 0 Å². The lowest BCUT2D eigenvalue weighted by Gasteiger charge is -2.33. The van der Waals surface area contributed by atoms with Crippen molar-refractivity contribution in [2.24, 2.45) is 4.99 Å². The molecule has 0 unspecified atom stereocenters. The van der Waals surface area contributed by atoms with Crippen LogP contribution in [0.4, 0.5) is 0 Å². The van der Waals surface area contributed by atoms with Crippen molar-refractivity contribution in [1.29, 1.82) is 0 Å². The molecule has 1 aromatic rings. The molecule has 6 nitrogen and oxygen atoms in total. The first-order valence-electron chi connectivity index (χ1n) is 9.59. The molecule has 2 N–H and O–H groups in total. The maximum Gasteiger partial charge on any atom is 0.243 e. The average Bonchev–Trinajstić information content (AvgIpc) is 2.65. The van der Waals surface area contributed by atoms with E-state index in [1.807, 2.05) is 6.92 Å². The Morgan fingerprint density at radius 1 is 1.25 bits per heavy atom. The molecule has 156 valence electrons. The van der Waals surface area contributed by atoms with E-state index in [0.29, 0.717) is 18.5 Å². The highest BCUT2D eigenvalue weighted by Crippen LogP contribution is 2.13. The summed E-state index contributed by atoms with van der Waals surface area (Å²) in [4.78, 5) is 20.3. The quantitative estimate of drug-likeness (QED) is 0.262. The third-order valence-corrected chi connectivity index (χ3v) is 4.61. The number of hydrogen-bond donors (Lipinski definition) is 2. The number of piperidine rings is 1. The molecule has 1 saturated heterocycles. The Morgan fingerprint density at radius 3 is 2.46 bits per heavy atom. The number of carbonyl (C=O) groups is 1. The zero-order valence-corrected chi connectivity index (χ0v) is 19.6. The molecule has 1 aromatic carbocycles. The van der Waals surface area contributed by atoms with Crippen molar-refractivity contribution in [1.82, 2.24) is 20.4 Å². The Hall–Kier alpha value is -1.61. The lowest BCUT2D eigenvalue weighted by Crippen LogP contribution is -2.49. The molecule has 28 heavy (non-hydrogen) atoms. The van der Waals surface area contributed by atoms with Crippen molar-refractivity contribution in [2.45, 2.75) is 32.4 Å². The molecule has 0 bridgehead atoms. The summed E-state index contributed by atoms with van der Waals surface area (Å²) in [5.41, 5.74) is 2.39. The average molecular weight is 499 g/mol. The Labute approximate surface area is 186 Å². The number of halogens is 1. The van der Waals surface area contributed by atoms with Crippen LogP contribution in [0.3, 0.4) is 0 Å². The van der Waals surface area contributed by atoms with Gasteiger partial charge in [-0.2, -0.15) is 0 Å². The maximum absolute atomic E-state index is 11.8. The highest BCUT2D eigenvalue weighted by molar-refractivity contribution is 14.0. The van der Waals surface area contributed by atoms with E-state index in [9.17, 15) is 4.79 Å². The number of aliphatic imine (C=N–C) groups is 1. The zero-order valence-electron chi connectivity index (χ0n) is 17.3. The predicted octanol–water partition coefficient (Wildman–Crippen LogP) is 2.47. The van der Waals surface area contributed by atoms with Crippen LogP contribution in [-0.4, -0.2) is 68.0 Å². The van der Waals surface area contributed by atoms with Crippen molar-refractivity contribution >= 4 is 35.8 Å². The molecule has 1 heterocycles. The minimum atomic E-state index is -0.0101. The predicted molar refractivity (Wildman–Crippen MR) is 127 cm³/mol. The highest BCUT2D eigenvalue weighted by Gasteiger charge is 2.20. The standard InChI is InChI=1S/C21H33N5O.HI/c1-17(2)14-22-21(23-15-20(27)25(3)4)24-19-10-12-26(13-11-19)16-18-8-6-5-7-9-18;/h5-9,19H,1,10-16H2,2-4H3,(H2,22,23,24);1H. The normalized spacial score (nSPS) is 15.5. The molecule has 1 aliphatic rings. The first kappa shape index (κ1) is 24.4. The zero-order chi connectivity index (χ0) is 19.6. The van der Waals surface area contributed by atoms with Crippen LogP contribution in [0.25, 0.3) is 0 Å². The first-order chi connectivity index (χ1) is 12.9. The number of likely N-dealkylation sites (N-methyl/N-ethyl adjacent to an activating group) is 1. The van der Waals surface area contributed by atoms with E-state index < -0.39 is 0 Å². The molecule has 0 saturated carbocycles. The largest absolute Gasteiger partial charge is 0.354 e. The Balaban J connectivity index is 0.00000392. The van der Waals surface area contributed by atoms with E-state index in [-0.39, 0.29) is 36.4 Å². The van der Waals surface area contributed by atoms with Crippen LogP contribution in [0.5, 0.6) is 0 Å². The molecule has 0 atom stereocenters. The highest BCUT2D eigenvalue weighted by atomic mass is 127. The van der Waals surface area contributed by atoms with Gasteiger partial charge >= 0.3 is 0 Å². The Bertz CT molecular complexity index is 639. The van der Waals surface area contributed by atoms with E-state index in [1.165, 1.54) is 5.56 Å². The molecular formula is C21H34IN5O. The lowest BCUT2D eigenvalue weighted by atomic mass is 10.0. The van der Waals surface area contributed by atoms with Crippen LogP contribution in [0.1, 0.15) is 25.3 Å². The summed E-state index contributed by atoms with van der Waals surface area (Å²) < 4.78 is 0. The molecular weight excluding hydrogens is 465 g/mol. The maximum atomic E-state index is 11.8. The van der Waals surface area contributed by atoms with Crippen LogP contribution < -0.4 is 10.6 Å². The van der Waals surface area contributed by atoms with E-state index >= 15 is 0 Å². The molecule has 1 fully saturated rings. The number of carbonyl (C=O) groups excluding carboxylic acids is 1. The molecule has 1 aliphatic heterocycles. The fourth-order valence-electron chi connectivity index (χ4n) is 2.95. The molecule has 2 rings (SSSR count). The Kier molecular flexibility index (Phi) is 11.1. The number of hydrogen-bond acceptors (Lipinski definition) is 3. The summed E-state index contributed by atoms with van der Waals surface area (Å²) >= 11 is 0. The smallest absolute Gasteiger partial charge is 0.243 e. The summed E-state index contributed by atoms with van der Waals surface area (Å²) in [6, 6.07) is 11.0. The van der Waals surface area contributed by atoms with Gasteiger partial charge in [-0.25, -0.2) is 4.99 Å². The van der Waals surface area contributed by atoms with E-state index in [1.54, 1.807) is 19.0 Å². The fourth-order valence-corrected chi connectivity index (χ4v) is 2.95. The SMILES string of the molecule is C=C(C)CNC(=NCC(=O)N(C)C)NC1CCN(Cc2ccccc2)CC1.I. The minimum absolute atomic E-state index is 0. The van der Waals surface area contributed by atoms with Crippen LogP contribution in [0, 0.1) is 0 Å². The van der Waals surface area contributed by atoms with Crippen molar-refractivity contribution in [2.75, 3.05) is 40.3 Å². The second-order valence-corrected chi connectivity index (χ2v) is 7.44. The fraction of sp³-hybridized carbons (Fsp3) is 0.524. The molecule has 1 amide bonds. The monoisotopic (exact) mass is 499 g/mol. The van der Waals surface area contributed by atoms with Gasteiger partial charge in [0.25, 0.3) is 0 Å². The molecule has 0 aliphatic carbocycles. The summed E-state index contributed by atoms with van der Waals surface area (Å²) in [6.07, 6.45) is 2.12. The van der Waals surface area contributed by atoms with E-state index in [0.717, 1.165) is 38.0 Å². The van der Waals surface area contributed by atoms with Gasteiger partial charge in [0.1, 0.15) is 6.54 Å². The first-order valence-corrected chi connectivity index (χ1v) is 9.59. The van der Waals surface area contributed by atoms with Gasteiger partial charge in [-0.05, 0) is 25.3 Å². The molecule has 0 spiro atoms. The van der Waals surface area contributed by atoms with Crippen LogP contribution >= 0.6 is 24.0 Å². The van der Waals surface area contributed by atoms with Gasteiger partial charge in [-0.1, -0.05) is 42.5 Å². The van der Waals surface area contributed by atoms with Gasteiger partial charge in [0.15, 0.2) is 5.96 Å². The number of benzene rings is 1. The number of amides is 1.